The Hall–Kier alpha value is -0.830. The van der Waals surface area contributed by atoms with Crippen molar-refractivity contribution in [1.29, 1.82) is 0 Å². The molecule has 0 saturated heterocycles. The zero-order valence-corrected chi connectivity index (χ0v) is 5.54. The second kappa shape index (κ2) is 5.31. The van der Waals surface area contributed by atoms with Crippen molar-refractivity contribution in [3.8, 4) is 0 Å². The van der Waals surface area contributed by atoms with Crippen LogP contribution in [-0.2, 0) is 9.53 Å². The predicted molar refractivity (Wildman–Crippen MR) is 34.8 cm³/mol. The van der Waals surface area contributed by atoms with Gasteiger partial charge in [0.05, 0.1) is 0 Å². The van der Waals surface area contributed by atoms with E-state index in [-0.39, 0.29) is 0 Å². The van der Waals surface area contributed by atoms with E-state index in [2.05, 4.69) is 6.58 Å². The molecule has 0 bridgehead atoms. The van der Waals surface area contributed by atoms with Gasteiger partial charge in [-0.2, -0.15) is 0 Å². The summed E-state index contributed by atoms with van der Waals surface area (Å²) < 4.78 is 4.69. The van der Waals surface area contributed by atoms with Crippen LogP contribution in [0.1, 0.15) is 0 Å². The van der Waals surface area contributed by atoms with E-state index in [0.29, 0.717) is 13.3 Å². The minimum atomic E-state index is 0.329. The van der Waals surface area contributed by atoms with Gasteiger partial charge in [-0.15, -0.1) is 6.58 Å². The summed E-state index contributed by atoms with van der Waals surface area (Å²) in [5.74, 6) is 0. The molecule has 0 aromatic rings. The summed E-state index contributed by atoms with van der Waals surface area (Å²) in [5.41, 5.74) is 0. The molecule has 0 rings (SSSR count). The maximum atomic E-state index is 10.1. The smallest absolute Gasteiger partial charge is 0.211 e. The van der Waals surface area contributed by atoms with Gasteiger partial charge in [0.25, 0.3) is 0 Å². The van der Waals surface area contributed by atoms with Crippen LogP contribution >= 0.6 is 0 Å². The molecule has 3 heteroatoms. The minimum Gasteiger partial charge on any atom is -0.364 e. The number of hydrogen-bond acceptors (Lipinski definition) is 2. The number of carbonyl (C=O) groups is 1. The third kappa shape index (κ3) is 3.73. The van der Waals surface area contributed by atoms with Crippen LogP contribution in [0, 0.1) is 0 Å². The van der Waals surface area contributed by atoms with Crippen molar-refractivity contribution < 1.29 is 9.53 Å². The Morgan fingerprint density at radius 2 is 2.44 bits per heavy atom. The van der Waals surface area contributed by atoms with E-state index in [1.807, 2.05) is 0 Å². The summed E-state index contributed by atoms with van der Waals surface area (Å²) in [7, 11) is 1.54. The summed E-state index contributed by atoms with van der Waals surface area (Å²) in [6.07, 6.45) is 2.37. The first kappa shape index (κ1) is 8.17. The molecule has 0 unspecified atom stereocenters. The number of ether oxygens (including phenoxy) is 1. The van der Waals surface area contributed by atoms with Gasteiger partial charge in [-0.05, 0) is 0 Å². The minimum absolute atomic E-state index is 0.329. The maximum absolute atomic E-state index is 10.1. The van der Waals surface area contributed by atoms with Crippen LogP contribution in [0.25, 0.3) is 0 Å². The Bertz CT molecular complexity index is 93.1. The van der Waals surface area contributed by atoms with Crippen LogP contribution in [0.2, 0.25) is 0 Å². The average molecular weight is 129 g/mol. The maximum Gasteiger partial charge on any atom is 0.211 e. The molecule has 0 aliphatic rings. The molecular formula is C6H11NO2. The molecule has 0 aromatic carbocycles. The zero-order valence-electron chi connectivity index (χ0n) is 5.54. The van der Waals surface area contributed by atoms with E-state index in [0.717, 1.165) is 6.41 Å². The van der Waals surface area contributed by atoms with Gasteiger partial charge in [0.1, 0.15) is 6.73 Å². The summed E-state index contributed by atoms with van der Waals surface area (Å²) in [6.45, 7) is 4.34. The van der Waals surface area contributed by atoms with Crippen molar-refractivity contribution in [2.75, 3.05) is 20.4 Å². The Balaban J connectivity index is 3.40. The molecule has 9 heavy (non-hydrogen) atoms. The number of hydrogen-bond donors (Lipinski definition) is 0. The lowest BCUT2D eigenvalue weighted by molar-refractivity contribution is -0.121. The molecule has 0 aliphatic carbocycles. The Labute approximate surface area is 54.9 Å². The summed E-state index contributed by atoms with van der Waals surface area (Å²) in [6, 6.07) is 0. The number of methoxy groups -OCH3 is 1. The second-order valence-corrected chi connectivity index (χ2v) is 1.58. The first-order chi connectivity index (χ1) is 4.35. The van der Waals surface area contributed by atoms with E-state index in [9.17, 15) is 4.79 Å². The van der Waals surface area contributed by atoms with E-state index < -0.39 is 0 Å². The summed E-state index contributed by atoms with van der Waals surface area (Å²) in [4.78, 5) is 11.5. The molecule has 0 fully saturated rings. The van der Waals surface area contributed by atoms with Crippen LogP contribution < -0.4 is 0 Å². The van der Waals surface area contributed by atoms with E-state index in [4.69, 9.17) is 4.74 Å². The van der Waals surface area contributed by atoms with Gasteiger partial charge in [0.2, 0.25) is 6.41 Å². The van der Waals surface area contributed by atoms with E-state index >= 15 is 0 Å². The Morgan fingerprint density at radius 3 is 2.78 bits per heavy atom. The average Bonchev–Trinajstić information content (AvgIpc) is 1.88. The van der Waals surface area contributed by atoms with Crippen molar-refractivity contribution >= 4 is 6.41 Å². The largest absolute Gasteiger partial charge is 0.364 e. The zero-order chi connectivity index (χ0) is 7.11. The summed E-state index contributed by atoms with van der Waals surface area (Å²) in [5, 5.41) is 0. The van der Waals surface area contributed by atoms with Crippen LogP contribution in [0.4, 0.5) is 0 Å². The molecule has 0 saturated carbocycles. The van der Waals surface area contributed by atoms with Crippen molar-refractivity contribution in [3.05, 3.63) is 12.7 Å². The highest BCUT2D eigenvalue weighted by atomic mass is 16.5. The lowest BCUT2D eigenvalue weighted by Gasteiger charge is -2.11. The molecule has 0 aromatic heterocycles. The molecule has 1 amide bonds. The highest BCUT2D eigenvalue weighted by molar-refractivity contribution is 5.46. The van der Waals surface area contributed by atoms with Gasteiger partial charge >= 0.3 is 0 Å². The predicted octanol–water partition coefficient (Wildman–Crippen LogP) is 0.235. The van der Waals surface area contributed by atoms with Gasteiger partial charge in [0, 0.05) is 13.7 Å². The van der Waals surface area contributed by atoms with Crippen LogP contribution in [-0.4, -0.2) is 31.7 Å². The third-order valence-corrected chi connectivity index (χ3v) is 0.808. The van der Waals surface area contributed by atoms with Gasteiger partial charge in [0.15, 0.2) is 0 Å². The highest BCUT2D eigenvalue weighted by Crippen LogP contribution is 1.81. The summed E-state index contributed by atoms with van der Waals surface area (Å²) >= 11 is 0. The SMILES string of the molecule is C=CCN(C=O)COC. The third-order valence-electron chi connectivity index (χ3n) is 0.808. The lowest BCUT2D eigenvalue weighted by atomic mass is 10.6. The molecule has 52 valence electrons. The topological polar surface area (TPSA) is 29.5 Å². The van der Waals surface area contributed by atoms with Crippen molar-refractivity contribution in [3.63, 3.8) is 0 Å². The van der Waals surface area contributed by atoms with Crippen LogP contribution in [0.3, 0.4) is 0 Å². The number of amides is 1. The molecule has 0 spiro atoms. The molecule has 3 nitrogen and oxygen atoms in total. The molecule has 0 aliphatic heterocycles. The van der Waals surface area contributed by atoms with Crippen molar-refractivity contribution in [2.24, 2.45) is 0 Å². The van der Waals surface area contributed by atoms with Crippen molar-refractivity contribution in [1.82, 2.24) is 4.90 Å². The molecule has 0 atom stereocenters. The fourth-order valence-electron chi connectivity index (χ4n) is 0.458. The Kier molecular flexibility index (Phi) is 4.82. The van der Waals surface area contributed by atoms with E-state index in [1.165, 1.54) is 4.90 Å². The normalized spacial score (nSPS) is 8.56. The second-order valence-electron chi connectivity index (χ2n) is 1.58. The quantitative estimate of drug-likeness (QED) is 0.302. The van der Waals surface area contributed by atoms with Crippen LogP contribution in [0.5, 0.6) is 0 Å². The number of rotatable bonds is 5. The first-order valence-electron chi connectivity index (χ1n) is 2.64. The highest BCUT2D eigenvalue weighted by Gasteiger charge is 1.93. The van der Waals surface area contributed by atoms with Gasteiger partial charge < -0.3 is 9.64 Å². The van der Waals surface area contributed by atoms with Gasteiger partial charge in [-0.25, -0.2) is 0 Å². The standard InChI is InChI=1S/C6H11NO2/c1-3-4-7(5-8)6-9-2/h3,5H,1,4,6H2,2H3. The molecule has 0 N–H and O–H groups in total. The fraction of sp³-hybridized carbons (Fsp3) is 0.500. The fourth-order valence-corrected chi connectivity index (χ4v) is 0.458. The van der Waals surface area contributed by atoms with Gasteiger partial charge in [-0.1, -0.05) is 6.08 Å². The molecule has 0 radical (unpaired) electrons. The Morgan fingerprint density at radius 1 is 1.78 bits per heavy atom. The molecule has 0 heterocycles. The van der Waals surface area contributed by atoms with Crippen LogP contribution in [0.15, 0.2) is 12.7 Å². The van der Waals surface area contributed by atoms with Gasteiger partial charge in [-0.3, -0.25) is 4.79 Å². The van der Waals surface area contributed by atoms with Crippen molar-refractivity contribution in [2.45, 2.75) is 0 Å². The lowest BCUT2D eigenvalue weighted by Crippen LogP contribution is -2.23. The van der Waals surface area contributed by atoms with E-state index in [1.54, 1.807) is 13.2 Å². The monoisotopic (exact) mass is 129 g/mol. The number of nitrogens with zero attached hydrogens (tertiary/aromatic N) is 1. The molecular weight excluding hydrogens is 118 g/mol. The number of carbonyl (C=O) groups excluding carboxylic acids is 1. The first-order valence-corrected chi connectivity index (χ1v) is 2.64.